The van der Waals surface area contributed by atoms with Gasteiger partial charge in [-0.1, -0.05) is 12.1 Å². The van der Waals surface area contributed by atoms with Crippen molar-refractivity contribution in [3.05, 3.63) is 70.7 Å². The molecule has 2 aromatic carbocycles. The van der Waals surface area contributed by atoms with Crippen LogP contribution in [0, 0.1) is 0 Å². The second-order valence-corrected chi connectivity index (χ2v) is 9.21. The summed E-state index contributed by atoms with van der Waals surface area (Å²) in [6.45, 7) is 3.81. The van der Waals surface area contributed by atoms with Gasteiger partial charge in [-0.15, -0.1) is 11.3 Å². The number of ether oxygens (including phenoxy) is 1. The van der Waals surface area contributed by atoms with Gasteiger partial charge in [-0.25, -0.2) is 4.98 Å². The van der Waals surface area contributed by atoms with E-state index in [1.807, 2.05) is 19.9 Å². The number of anilines is 1. The van der Waals surface area contributed by atoms with Crippen LogP contribution < -0.4 is 15.4 Å². The number of carbonyl (C=O) groups is 1. The third kappa shape index (κ3) is 5.98. The summed E-state index contributed by atoms with van der Waals surface area (Å²) < 4.78 is 17.1. The van der Waals surface area contributed by atoms with E-state index in [-0.39, 0.29) is 17.3 Å². The highest BCUT2D eigenvalue weighted by Crippen LogP contribution is 2.33. The Hall–Kier alpha value is -2.51. The van der Waals surface area contributed by atoms with E-state index in [0.717, 1.165) is 11.1 Å². The van der Waals surface area contributed by atoms with Gasteiger partial charge in [0.15, 0.2) is 5.13 Å². The molecule has 0 unspecified atom stereocenters. The summed E-state index contributed by atoms with van der Waals surface area (Å²) in [5.41, 5.74) is 2.15. The van der Waals surface area contributed by atoms with Crippen molar-refractivity contribution < 1.29 is 23.9 Å². The molecule has 0 atom stereocenters. The quantitative estimate of drug-likeness (QED) is 0.493. The van der Waals surface area contributed by atoms with Crippen molar-refractivity contribution in [2.75, 3.05) is 5.32 Å². The van der Waals surface area contributed by atoms with Gasteiger partial charge in [-0.3, -0.25) is 14.7 Å². The molecule has 152 valence electrons. The number of thiazole rings is 1. The molecule has 1 heterocycles. The van der Waals surface area contributed by atoms with Crippen molar-refractivity contribution in [2.24, 2.45) is 0 Å². The lowest BCUT2D eigenvalue weighted by Gasteiger charge is -2.14. The molecule has 3 rings (SSSR count). The summed E-state index contributed by atoms with van der Waals surface area (Å²) in [7, 11) is -4.27. The largest absolute Gasteiger partial charge is 0.491 e. The molecule has 0 aliphatic rings. The molecule has 0 fully saturated rings. The Kier molecular flexibility index (Phi) is 6.49. The fourth-order valence-electron chi connectivity index (χ4n) is 2.73. The third-order valence-corrected chi connectivity index (χ3v) is 5.59. The summed E-state index contributed by atoms with van der Waals surface area (Å²) >= 11 is 1.33. The minimum absolute atomic E-state index is 0.0262. The molecule has 29 heavy (non-hydrogen) atoms. The standard InChI is InChI=1S/C20H21N2O5PS/c1-13(2)27-17-11-15(9-14-3-5-18(6-4-14)28(24,25)26)10-16(12-17)19(23)22-20-21-7-8-29-20/h3-8,10-13H,9H2,1-2H3,(H,21,22,23)(H2,24,25,26). The monoisotopic (exact) mass is 432 g/mol. The first-order valence-electron chi connectivity index (χ1n) is 8.87. The second-order valence-electron chi connectivity index (χ2n) is 6.71. The van der Waals surface area contributed by atoms with Crippen LogP contribution in [0.2, 0.25) is 0 Å². The van der Waals surface area contributed by atoms with Gasteiger partial charge in [0.2, 0.25) is 0 Å². The maximum atomic E-state index is 12.6. The number of hydrogen-bond donors (Lipinski definition) is 3. The minimum atomic E-state index is -4.27. The molecule has 7 nitrogen and oxygen atoms in total. The van der Waals surface area contributed by atoms with Crippen LogP contribution in [0.3, 0.4) is 0 Å². The van der Waals surface area contributed by atoms with Gasteiger partial charge in [0.25, 0.3) is 5.91 Å². The number of rotatable bonds is 7. The molecule has 1 aromatic heterocycles. The first kappa shape index (κ1) is 21.2. The maximum Gasteiger partial charge on any atom is 0.356 e. The van der Waals surface area contributed by atoms with Crippen molar-refractivity contribution in [1.82, 2.24) is 4.98 Å². The van der Waals surface area contributed by atoms with Crippen molar-refractivity contribution >= 4 is 35.3 Å². The molecule has 0 radical (unpaired) electrons. The molecular formula is C20H21N2O5PS. The molecule has 1 amide bonds. The van der Waals surface area contributed by atoms with E-state index in [1.165, 1.54) is 23.5 Å². The van der Waals surface area contributed by atoms with E-state index < -0.39 is 7.60 Å². The lowest BCUT2D eigenvalue weighted by atomic mass is 10.0. The van der Waals surface area contributed by atoms with Gasteiger partial charge < -0.3 is 14.5 Å². The lowest BCUT2D eigenvalue weighted by Crippen LogP contribution is -2.13. The van der Waals surface area contributed by atoms with Crippen molar-refractivity contribution in [3.8, 4) is 5.75 Å². The first-order chi connectivity index (χ1) is 13.7. The Morgan fingerprint density at radius 2 is 1.90 bits per heavy atom. The molecule has 9 heteroatoms. The van der Waals surface area contributed by atoms with E-state index in [2.05, 4.69) is 10.3 Å². The predicted molar refractivity (Wildman–Crippen MR) is 113 cm³/mol. The zero-order valence-corrected chi connectivity index (χ0v) is 17.6. The fraction of sp³-hybridized carbons (Fsp3) is 0.200. The van der Waals surface area contributed by atoms with Gasteiger partial charge in [0, 0.05) is 17.1 Å². The Balaban J connectivity index is 1.86. The zero-order chi connectivity index (χ0) is 21.0. The highest BCUT2D eigenvalue weighted by Gasteiger charge is 2.16. The number of aromatic nitrogens is 1. The average molecular weight is 432 g/mol. The Bertz CT molecular complexity index is 1030. The third-order valence-electron chi connectivity index (χ3n) is 3.93. The number of carbonyl (C=O) groups excluding carboxylic acids is 1. The fourth-order valence-corrected chi connectivity index (χ4v) is 3.79. The summed E-state index contributed by atoms with van der Waals surface area (Å²) in [6, 6.07) is 11.5. The van der Waals surface area contributed by atoms with Gasteiger partial charge in [-0.2, -0.15) is 0 Å². The maximum absolute atomic E-state index is 12.6. The van der Waals surface area contributed by atoms with Gasteiger partial charge in [0.05, 0.1) is 11.4 Å². The summed E-state index contributed by atoms with van der Waals surface area (Å²) in [6.07, 6.45) is 2.04. The number of amides is 1. The van der Waals surface area contributed by atoms with Crippen LogP contribution in [0.25, 0.3) is 0 Å². The topological polar surface area (TPSA) is 109 Å². The summed E-state index contributed by atoms with van der Waals surface area (Å²) in [5, 5.41) is 5.03. The van der Waals surface area contributed by atoms with Gasteiger partial charge in [-0.05, 0) is 61.7 Å². The van der Waals surface area contributed by atoms with E-state index in [9.17, 15) is 19.1 Å². The van der Waals surface area contributed by atoms with E-state index in [4.69, 9.17) is 4.74 Å². The van der Waals surface area contributed by atoms with Crippen molar-refractivity contribution in [2.45, 2.75) is 26.4 Å². The number of benzene rings is 2. The number of hydrogen-bond acceptors (Lipinski definition) is 5. The van der Waals surface area contributed by atoms with E-state index in [0.29, 0.717) is 22.9 Å². The lowest BCUT2D eigenvalue weighted by molar-refractivity contribution is 0.102. The van der Waals surface area contributed by atoms with E-state index >= 15 is 0 Å². The molecule has 0 aliphatic heterocycles. The van der Waals surface area contributed by atoms with Gasteiger partial charge in [0.1, 0.15) is 5.75 Å². The van der Waals surface area contributed by atoms with Crippen LogP contribution in [-0.2, 0) is 11.0 Å². The highest BCUT2D eigenvalue weighted by atomic mass is 32.1. The Morgan fingerprint density at radius 3 is 2.48 bits per heavy atom. The second kappa shape index (κ2) is 8.88. The molecule has 0 saturated heterocycles. The van der Waals surface area contributed by atoms with Crippen LogP contribution in [0.5, 0.6) is 5.75 Å². The molecule has 3 N–H and O–H groups in total. The summed E-state index contributed by atoms with van der Waals surface area (Å²) in [4.78, 5) is 35.2. The van der Waals surface area contributed by atoms with Crippen LogP contribution in [0.4, 0.5) is 5.13 Å². The van der Waals surface area contributed by atoms with E-state index in [1.54, 1.807) is 35.8 Å². The highest BCUT2D eigenvalue weighted by molar-refractivity contribution is 7.60. The normalized spacial score (nSPS) is 11.5. The van der Waals surface area contributed by atoms with Gasteiger partial charge >= 0.3 is 7.60 Å². The zero-order valence-electron chi connectivity index (χ0n) is 15.9. The molecule has 3 aromatic rings. The predicted octanol–water partition coefficient (Wildman–Crippen LogP) is 3.58. The number of nitrogens with zero attached hydrogens (tertiary/aromatic N) is 1. The Labute approximate surface area is 172 Å². The minimum Gasteiger partial charge on any atom is -0.491 e. The smallest absolute Gasteiger partial charge is 0.356 e. The van der Waals surface area contributed by atoms with Crippen LogP contribution >= 0.6 is 18.9 Å². The van der Waals surface area contributed by atoms with Crippen LogP contribution in [0.1, 0.15) is 35.3 Å². The molecule has 0 bridgehead atoms. The average Bonchev–Trinajstić information content (AvgIpc) is 3.13. The Morgan fingerprint density at radius 1 is 1.17 bits per heavy atom. The SMILES string of the molecule is CC(C)Oc1cc(Cc2ccc(P(=O)(O)O)cc2)cc(C(=O)Nc2nccs2)c1. The van der Waals surface area contributed by atoms with Crippen molar-refractivity contribution in [1.29, 1.82) is 0 Å². The van der Waals surface area contributed by atoms with Crippen LogP contribution in [0.15, 0.2) is 54.0 Å². The molecular weight excluding hydrogens is 411 g/mol. The van der Waals surface area contributed by atoms with Crippen molar-refractivity contribution in [3.63, 3.8) is 0 Å². The molecule has 0 spiro atoms. The first-order valence-corrected chi connectivity index (χ1v) is 11.4. The molecule has 0 aliphatic carbocycles. The summed E-state index contributed by atoms with van der Waals surface area (Å²) in [5.74, 6) is 0.292. The van der Waals surface area contributed by atoms with Crippen LogP contribution in [-0.4, -0.2) is 26.8 Å². The molecule has 0 saturated carbocycles. The number of nitrogens with one attached hydrogen (secondary N) is 1.